The second kappa shape index (κ2) is 8.84. The Morgan fingerprint density at radius 1 is 1.19 bits per heavy atom. The van der Waals surface area contributed by atoms with Gasteiger partial charge in [-0.1, -0.05) is 50.6 Å². The first-order chi connectivity index (χ1) is 12.8. The van der Waals surface area contributed by atoms with E-state index in [0.717, 1.165) is 23.4 Å². The van der Waals surface area contributed by atoms with Crippen LogP contribution in [0.4, 0.5) is 5.69 Å². The number of amides is 1. The number of carbonyl (C=O) groups is 2. The van der Waals surface area contributed by atoms with Gasteiger partial charge in [-0.2, -0.15) is 5.10 Å². The van der Waals surface area contributed by atoms with Gasteiger partial charge in [-0.15, -0.1) is 0 Å². The lowest BCUT2D eigenvalue weighted by Gasteiger charge is -2.24. The van der Waals surface area contributed by atoms with Gasteiger partial charge in [0.25, 0.3) is 5.91 Å². The molecule has 6 heteroatoms. The number of hydrogen-bond acceptors (Lipinski definition) is 4. The summed E-state index contributed by atoms with van der Waals surface area (Å²) >= 11 is 0. The largest absolute Gasteiger partial charge is 0.452 e. The summed E-state index contributed by atoms with van der Waals surface area (Å²) in [5, 5.41) is 7.11. The third kappa shape index (κ3) is 4.76. The third-order valence-electron chi connectivity index (χ3n) is 5.04. The van der Waals surface area contributed by atoms with E-state index in [-0.39, 0.29) is 17.8 Å². The summed E-state index contributed by atoms with van der Waals surface area (Å²) in [7, 11) is 1.82. The lowest BCUT2D eigenvalue weighted by molar-refractivity contribution is -0.155. The molecule has 1 aromatic carbocycles. The molecular formula is C21H29N3O3. The predicted octanol–water partition coefficient (Wildman–Crippen LogP) is 3.74. The van der Waals surface area contributed by atoms with Crippen molar-refractivity contribution in [1.82, 2.24) is 9.78 Å². The van der Waals surface area contributed by atoms with Crippen LogP contribution in [0.15, 0.2) is 30.3 Å². The van der Waals surface area contributed by atoms with E-state index in [1.165, 1.54) is 0 Å². The van der Waals surface area contributed by atoms with Crippen LogP contribution in [0.2, 0.25) is 0 Å². The molecule has 3 atom stereocenters. The van der Waals surface area contributed by atoms with Crippen LogP contribution < -0.4 is 5.32 Å². The van der Waals surface area contributed by atoms with Crippen LogP contribution in [0.5, 0.6) is 0 Å². The quantitative estimate of drug-likeness (QED) is 0.753. The summed E-state index contributed by atoms with van der Waals surface area (Å²) in [6, 6.07) is 9.57. The van der Waals surface area contributed by atoms with Gasteiger partial charge in [-0.3, -0.25) is 14.3 Å². The molecule has 2 aromatic rings. The highest BCUT2D eigenvalue weighted by Gasteiger charge is 2.30. The second-order valence-corrected chi connectivity index (χ2v) is 7.01. The monoisotopic (exact) mass is 371 g/mol. The summed E-state index contributed by atoms with van der Waals surface area (Å²) in [4.78, 5) is 25.4. The van der Waals surface area contributed by atoms with Crippen molar-refractivity contribution in [2.45, 2.75) is 53.1 Å². The Hall–Kier alpha value is -2.63. The Bertz CT molecular complexity index is 799. The van der Waals surface area contributed by atoms with Crippen LogP contribution in [0.1, 0.15) is 50.1 Å². The van der Waals surface area contributed by atoms with Gasteiger partial charge in [-0.05, 0) is 32.3 Å². The van der Waals surface area contributed by atoms with Crippen molar-refractivity contribution in [1.29, 1.82) is 0 Å². The van der Waals surface area contributed by atoms with E-state index in [0.29, 0.717) is 5.69 Å². The molecule has 2 rings (SSSR count). The van der Waals surface area contributed by atoms with E-state index < -0.39 is 12.0 Å². The third-order valence-corrected chi connectivity index (χ3v) is 5.04. The molecule has 0 aliphatic rings. The van der Waals surface area contributed by atoms with Gasteiger partial charge in [0.15, 0.2) is 6.10 Å². The molecule has 1 amide bonds. The SMILES string of the molecule is CC[C@H](C)[C@@H](C(=O)O[C@@H](C)C(=O)Nc1c(C)nn(C)c1C)c1ccccc1. The van der Waals surface area contributed by atoms with E-state index in [1.807, 2.05) is 65.1 Å². The molecule has 146 valence electrons. The molecule has 0 spiro atoms. The van der Waals surface area contributed by atoms with Crippen LogP contribution in [-0.2, 0) is 21.4 Å². The lowest BCUT2D eigenvalue weighted by atomic mass is 9.85. The maximum atomic E-state index is 12.8. The maximum Gasteiger partial charge on any atom is 0.314 e. The summed E-state index contributed by atoms with van der Waals surface area (Å²) in [6.45, 7) is 9.35. The van der Waals surface area contributed by atoms with Gasteiger partial charge in [-0.25, -0.2) is 0 Å². The van der Waals surface area contributed by atoms with Crippen molar-refractivity contribution in [3.05, 3.63) is 47.3 Å². The number of esters is 1. The van der Waals surface area contributed by atoms with Crippen LogP contribution in [-0.4, -0.2) is 27.8 Å². The van der Waals surface area contributed by atoms with E-state index in [9.17, 15) is 9.59 Å². The second-order valence-electron chi connectivity index (χ2n) is 7.01. The number of aryl methyl sites for hydroxylation is 2. The number of rotatable bonds is 7. The maximum absolute atomic E-state index is 12.8. The topological polar surface area (TPSA) is 73.2 Å². The van der Waals surface area contributed by atoms with Gasteiger partial charge < -0.3 is 10.1 Å². The normalized spacial score (nSPS) is 14.3. The first kappa shape index (κ1) is 20.7. The average Bonchev–Trinajstić information content (AvgIpc) is 2.88. The van der Waals surface area contributed by atoms with Gasteiger partial charge in [0.1, 0.15) is 0 Å². The standard InChI is InChI=1S/C21H29N3O3/c1-7-13(2)18(17-11-9-8-10-12-17)21(26)27-16(5)20(25)22-19-14(3)23-24(6)15(19)4/h8-13,16,18H,7H2,1-6H3,(H,22,25)/t13-,16-,18+/m0/s1. The fourth-order valence-electron chi connectivity index (χ4n) is 3.07. The minimum atomic E-state index is -0.897. The fourth-order valence-corrected chi connectivity index (χ4v) is 3.07. The Kier molecular flexibility index (Phi) is 6.77. The van der Waals surface area contributed by atoms with Crippen LogP contribution in [0.3, 0.4) is 0 Å². The van der Waals surface area contributed by atoms with E-state index in [2.05, 4.69) is 10.4 Å². The number of hydrogen-bond donors (Lipinski definition) is 1. The van der Waals surface area contributed by atoms with Gasteiger partial charge in [0.05, 0.1) is 23.0 Å². The van der Waals surface area contributed by atoms with Crippen molar-refractivity contribution in [2.75, 3.05) is 5.32 Å². The highest BCUT2D eigenvalue weighted by molar-refractivity contribution is 5.96. The minimum absolute atomic E-state index is 0.109. The summed E-state index contributed by atoms with van der Waals surface area (Å²) in [6.07, 6.45) is -0.0599. The zero-order valence-electron chi connectivity index (χ0n) is 16.9. The van der Waals surface area contributed by atoms with E-state index in [4.69, 9.17) is 4.74 Å². The molecule has 6 nitrogen and oxygen atoms in total. The average molecular weight is 371 g/mol. The Balaban J connectivity index is 2.11. The zero-order valence-corrected chi connectivity index (χ0v) is 16.9. The number of aromatic nitrogens is 2. The van der Waals surface area contributed by atoms with E-state index in [1.54, 1.807) is 11.6 Å². The highest BCUT2D eigenvalue weighted by Crippen LogP contribution is 2.29. The molecule has 27 heavy (non-hydrogen) atoms. The van der Waals surface area contributed by atoms with Crippen LogP contribution >= 0.6 is 0 Å². The van der Waals surface area contributed by atoms with Crippen molar-refractivity contribution in [3.8, 4) is 0 Å². The summed E-state index contributed by atoms with van der Waals surface area (Å²) in [5.74, 6) is -1.03. The number of ether oxygens (including phenoxy) is 1. The Labute approximate surface area is 160 Å². The van der Waals surface area contributed by atoms with Crippen LogP contribution in [0.25, 0.3) is 0 Å². The van der Waals surface area contributed by atoms with Crippen LogP contribution in [0, 0.1) is 19.8 Å². The number of benzene rings is 1. The number of carbonyl (C=O) groups excluding carboxylic acids is 2. The molecule has 0 saturated heterocycles. The van der Waals surface area contributed by atoms with Gasteiger partial charge >= 0.3 is 5.97 Å². The molecule has 0 radical (unpaired) electrons. The van der Waals surface area contributed by atoms with Crippen molar-refractivity contribution >= 4 is 17.6 Å². The van der Waals surface area contributed by atoms with Gasteiger partial charge in [0, 0.05) is 7.05 Å². The Morgan fingerprint density at radius 2 is 1.81 bits per heavy atom. The first-order valence-electron chi connectivity index (χ1n) is 9.32. The molecule has 0 fully saturated rings. The number of nitrogens with zero attached hydrogens (tertiary/aromatic N) is 2. The predicted molar refractivity (Wildman–Crippen MR) is 106 cm³/mol. The molecule has 0 unspecified atom stereocenters. The lowest BCUT2D eigenvalue weighted by Crippen LogP contribution is -2.33. The minimum Gasteiger partial charge on any atom is -0.452 e. The molecule has 1 heterocycles. The van der Waals surface area contributed by atoms with Crippen molar-refractivity contribution < 1.29 is 14.3 Å². The molecule has 1 N–H and O–H groups in total. The molecular weight excluding hydrogens is 342 g/mol. The first-order valence-corrected chi connectivity index (χ1v) is 9.32. The summed E-state index contributed by atoms with van der Waals surface area (Å²) < 4.78 is 7.24. The molecule has 1 aromatic heterocycles. The highest BCUT2D eigenvalue weighted by atomic mass is 16.5. The van der Waals surface area contributed by atoms with Crippen molar-refractivity contribution in [2.24, 2.45) is 13.0 Å². The molecule has 0 bridgehead atoms. The molecule has 0 aliphatic carbocycles. The molecule has 0 saturated carbocycles. The van der Waals surface area contributed by atoms with Gasteiger partial charge in [0.2, 0.25) is 0 Å². The van der Waals surface area contributed by atoms with E-state index >= 15 is 0 Å². The smallest absolute Gasteiger partial charge is 0.314 e. The number of anilines is 1. The fraction of sp³-hybridized carbons (Fsp3) is 0.476. The number of nitrogens with one attached hydrogen (secondary N) is 1. The molecule has 0 aliphatic heterocycles. The van der Waals surface area contributed by atoms with Crippen molar-refractivity contribution in [3.63, 3.8) is 0 Å². The zero-order chi connectivity index (χ0) is 20.1. The summed E-state index contributed by atoms with van der Waals surface area (Å²) in [5.41, 5.74) is 3.14. The Morgan fingerprint density at radius 3 is 2.33 bits per heavy atom.